The lowest BCUT2D eigenvalue weighted by molar-refractivity contribution is 0.100. The average Bonchev–Trinajstić information content (AvgIpc) is 2.99. The van der Waals surface area contributed by atoms with Gasteiger partial charge < -0.3 is 11.1 Å². The first-order chi connectivity index (χ1) is 11.7. The number of primary amides is 1. The second-order valence-electron chi connectivity index (χ2n) is 5.42. The summed E-state index contributed by atoms with van der Waals surface area (Å²) >= 11 is 1.66. The molecule has 0 aliphatic carbocycles. The highest BCUT2D eigenvalue weighted by molar-refractivity contribution is 7.25. The van der Waals surface area contributed by atoms with E-state index in [1.807, 2.05) is 24.3 Å². The quantitative estimate of drug-likeness (QED) is 0.598. The van der Waals surface area contributed by atoms with E-state index in [1.54, 1.807) is 29.8 Å². The zero-order chi connectivity index (χ0) is 16.5. The minimum Gasteiger partial charge on any atom is -0.366 e. The number of hydrogen-bond acceptors (Lipinski definition) is 5. The van der Waals surface area contributed by atoms with Crippen molar-refractivity contribution < 1.29 is 4.79 Å². The van der Waals surface area contributed by atoms with E-state index >= 15 is 0 Å². The third-order valence-corrected chi connectivity index (χ3v) is 4.95. The number of rotatable bonds is 4. The maximum Gasteiger partial charge on any atom is 0.248 e. The van der Waals surface area contributed by atoms with Crippen molar-refractivity contribution >= 4 is 43.4 Å². The maximum atomic E-state index is 11.1. The van der Waals surface area contributed by atoms with Crippen LogP contribution in [0.3, 0.4) is 0 Å². The van der Waals surface area contributed by atoms with Crippen molar-refractivity contribution in [3.05, 3.63) is 66.0 Å². The highest BCUT2D eigenvalue weighted by atomic mass is 32.1. The van der Waals surface area contributed by atoms with E-state index in [0.717, 1.165) is 27.0 Å². The average molecular weight is 334 g/mol. The molecular weight excluding hydrogens is 320 g/mol. The van der Waals surface area contributed by atoms with E-state index in [2.05, 4.69) is 27.4 Å². The molecule has 0 fully saturated rings. The molecular formula is C18H14N4OS. The van der Waals surface area contributed by atoms with Gasteiger partial charge in [-0.25, -0.2) is 9.97 Å². The number of amides is 1. The number of aromatic nitrogens is 2. The van der Waals surface area contributed by atoms with Crippen LogP contribution in [0.15, 0.2) is 54.9 Å². The molecule has 2 aromatic carbocycles. The van der Waals surface area contributed by atoms with Crippen molar-refractivity contribution in [2.75, 3.05) is 5.32 Å². The number of fused-ring (bicyclic) bond motifs is 3. The largest absolute Gasteiger partial charge is 0.366 e. The van der Waals surface area contributed by atoms with Crippen molar-refractivity contribution in [2.24, 2.45) is 5.73 Å². The minimum atomic E-state index is -0.420. The molecule has 0 aliphatic rings. The van der Waals surface area contributed by atoms with E-state index in [9.17, 15) is 4.79 Å². The lowest BCUT2D eigenvalue weighted by Crippen LogP contribution is -2.10. The Labute approximate surface area is 142 Å². The van der Waals surface area contributed by atoms with Gasteiger partial charge in [-0.2, -0.15) is 0 Å². The summed E-state index contributed by atoms with van der Waals surface area (Å²) in [6.07, 6.45) is 1.58. The highest BCUT2D eigenvalue weighted by Gasteiger charge is 2.11. The van der Waals surface area contributed by atoms with Crippen molar-refractivity contribution in [1.29, 1.82) is 0 Å². The first kappa shape index (κ1) is 14.6. The summed E-state index contributed by atoms with van der Waals surface area (Å²) in [7, 11) is 0. The van der Waals surface area contributed by atoms with Gasteiger partial charge in [0.05, 0.1) is 5.39 Å². The van der Waals surface area contributed by atoms with Crippen molar-refractivity contribution in [1.82, 2.24) is 9.97 Å². The number of nitrogens with zero attached hydrogens (tertiary/aromatic N) is 2. The number of anilines is 1. The van der Waals surface area contributed by atoms with Gasteiger partial charge in [0, 0.05) is 22.2 Å². The van der Waals surface area contributed by atoms with Crippen LogP contribution in [0, 0.1) is 0 Å². The highest BCUT2D eigenvalue weighted by Crippen LogP contribution is 2.35. The summed E-state index contributed by atoms with van der Waals surface area (Å²) in [5.41, 5.74) is 6.82. The normalized spacial score (nSPS) is 11.0. The van der Waals surface area contributed by atoms with Gasteiger partial charge in [-0.1, -0.05) is 30.3 Å². The first-order valence-electron chi connectivity index (χ1n) is 7.47. The topological polar surface area (TPSA) is 80.9 Å². The molecule has 0 saturated heterocycles. The van der Waals surface area contributed by atoms with Crippen LogP contribution in [-0.4, -0.2) is 15.9 Å². The van der Waals surface area contributed by atoms with Crippen LogP contribution in [0.25, 0.3) is 20.3 Å². The second-order valence-corrected chi connectivity index (χ2v) is 6.45. The van der Waals surface area contributed by atoms with Gasteiger partial charge in [-0.15, -0.1) is 11.3 Å². The van der Waals surface area contributed by atoms with E-state index in [-0.39, 0.29) is 0 Å². The molecule has 6 heteroatoms. The van der Waals surface area contributed by atoms with E-state index < -0.39 is 5.91 Å². The van der Waals surface area contributed by atoms with E-state index in [0.29, 0.717) is 12.1 Å². The molecule has 2 heterocycles. The maximum absolute atomic E-state index is 11.1. The van der Waals surface area contributed by atoms with Crippen LogP contribution in [0.2, 0.25) is 0 Å². The van der Waals surface area contributed by atoms with Crippen molar-refractivity contribution in [3.8, 4) is 0 Å². The zero-order valence-corrected chi connectivity index (χ0v) is 13.5. The van der Waals surface area contributed by atoms with Gasteiger partial charge in [-0.3, -0.25) is 4.79 Å². The molecule has 3 N–H and O–H groups in total. The van der Waals surface area contributed by atoms with Crippen LogP contribution in [0.5, 0.6) is 0 Å². The number of benzene rings is 2. The molecule has 0 bridgehead atoms. The molecule has 0 radical (unpaired) electrons. The minimum absolute atomic E-state index is 0.420. The number of nitrogens with one attached hydrogen (secondary N) is 1. The molecule has 5 nitrogen and oxygen atoms in total. The molecule has 0 spiro atoms. The lowest BCUT2D eigenvalue weighted by Gasteiger charge is -2.07. The Morgan fingerprint density at radius 3 is 2.67 bits per heavy atom. The number of hydrogen-bond donors (Lipinski definition) is 2. The molecule has 4 aromatic rings. The number of carbonyl (C=O) groups excluding carboxylic acids is 1. The van der Waals surface area contributed by atoms with Gasteiger partial charge in [0.2, 0.25) is 5.91 Å². The molecule has 0 atom stereocenters. The Morgan fingerprint density at radius 1 is 1.08 bits per heavy atom. The zero-order valence-electron chi connectivity index (χ0n) is 12.7. The monoisotopic (exact) mass is 334 g/mol. The third-order valence-electron chi connectivity index (χ3n) is 3.87. The van der Waals surface area contributed by atoms with Gasteiger partial charge in [0.15, 0.2) is 0 Å². The summed E-state index contributed by atoms with van der Waals surface area (Å²) < 4.78 is 1.20. The molecule has 0 saturated carbocycles. The smallest absolute Gasteiger partial charge is 0.248 e. The van der Waals surface area contributed by atoms with Crippen molar-refractivity contribution in [3.63, 3.8) is 0 Å². The Balaban J connectivity index is 1.66. The molecule has 1 amide bonds. The van der Waals surface area contributed by atoms with Crippen LogP contribution in [0.4, 0.5) is 5.82 Å². The summed E-state index contributed by atoms with van der Waals surface area (Å²) in [5, 5.41) is 5.58. The molecule has 0 aliphatic heterocycles. The Kier molecular flexibility index (Phi) is 3.59. The molecule has 118 valence electrons. The van der Waals surface area contributed by atoms with Crippen LogP contribution >= 0.6 is 11.3 Å². The fourth-order valence-corrected chi connectivity index (χ4v) is 3.71. The first-order valence-corrected chi connectivity index (χ1v) is 8.29. The molecule has 24 heavy (non-hydrogen) atoms. The molecule has 2 aromatic heterocycles. The third kappa shape index (κ3) is 2.57. The predicted octanol–water partition coefficient (Wildman–Crippen LogP) is 3.56. The van der Waals surface area contributed by atoms with E-state index in [1.165, 1.54) is 4.70 Å². The van der Waals surface area contributed by atoms with Crippen LogP contribution < -0.4 is 11.1 Å². The summed E-state index contributed by atoms with van der Waals surface area (Å²) in [6, 6.07) is 15.5. The standard InChI is InChI=1S/C18H14N4OS/c19-16(23)12-7-5-11(6-8-12)9-20-17-15-13-3-1-2-4-14(13)24-18(15)22-10-21-17/h1-8,10H,9H2,(H2,19,23)(H,20,21,22). The summed E-state index contributed by atoms with van der Waals surface area (Å²) in [5.74, 6) is 0.396. The SMILES string of the molecule is NC(=O)c1ccc(CNc2ncnc3sc4ccccc4c23)cc1. The van der Waals surface area contributed by atoms with Crippen LogP contribution in [0.1, 0.15) is 15.9 Å². The number of nitrogens with two attached hydrogens (primary N) is 1. The molecule has 4 rings (SSSR count). The predicted molar refractivity (Wildman–Crippen MR) is 97.2 cm³/mol. The summed E-state index contributed by atoms with van der Waals surface area (Å²) in [6.45, 7) is 0.606. The van der Waals surface area contributed by atoms with Crippen molar-refractivity contribution in [2.45, 2.75) is 6.54 Å². The van der Waals surface area contributed by atoms with Crippen LogP contribution in [-0.2, 0) is 6.54 Å². The Morgan fingerprint density at radius 2 is 1.88 bits per heavy atom. The Bertz CT molecular complexity index is 1040. The van der Waals surface area contributed by atoms with Gasteiger partial charge in [0.1, 0.15) is 17.0 Å². The number of carbonyl (C=O) groups is 1. The molecule has 0 unspecified atom stereocenters. The Hall–Kier alpha value is -2.99. The second kappa shape index (κ2) is 5.90. The van der Waals surface area contributed by atoms with E-state index in [4.69, 9.17) is 5.73 Å². The summed E-state index contributed by atoms with van der Waals surface area (Å²) in [4.78, 5) is 20.9. The van der Waals surface area contributed by atoms with Gasteiger partial charge in [0.25, 0.3) is 0 Å². The van der Waals surface area contributed by atoms with Gasteiger partial charge in [-0.05, 0) is 23.8 Å². The van der Waals surface area contributed by atoms with Gasteiger partial charge >= 0.3 is 0 Å². The fourth-order valence-electron chi connectivity index (χ4n) is 2.66. The number of thiophene rings is 1. The fraction of sp³-hybridized carbons (Fsp3) is 0.0556. The lowest BCUT2D eigenvalue weighted by atomic mass is 10.1.